The highest BCUT2D eigenvalue weighted by atomic mass is 16.4. The van der Waals surface area contributed by atoms with Crippen LogP contribution in [0, 0.1) is 5.41 Å². The molecule has 2 heteroatoms. The third-order valence-electron chi connectivity index (χ3n) is 1.46. The average Bonchev–Trinajstić information content (AvgIpc) is 1.67. The fourth-order valence-corrected chi connectivity index (χ4v) is 0.151. The van der Waals surface area contributed by atoms with Gasteiger partial charge >= 0.3 is 5.97 Å². The summed E-state index contributed by atoms with van der Waals surface area (Å²) in [5.41, 5.74) is -0.542. The molecule has 0 aliphatic rings. The topological polar surface area (TPSA) is 37.3 Å². The summed E-state index contributed by atoms with van der Waals surface area (Å²) in [7, 11) is 0. The molecule has 0 saturated carbocycles. The number of hydrogen-bond acceptors (Lipinski definition) is 1. The second-order valence-corrected chi connectivity index (χ2v) is 2.54. The first-order valence-electron chi connectivity index (χ1n) is 2.74. The third kappa shape index (κ3) is 3.12. The van der Waals surface area contributed by atoms with Crippen molar-refractivity contribution in [3.8, 4) is 0 Å². The fraction of sp³-hybridized carbons (Fsp3) is 0.857. The lowest BCUT2D eigenvalue weighted by Gasteiger charge is -2.14. The van der Waals surface area contributed by atoms with E-state index in [4.69, 9.17) is 5.11 Å². The van der Waals surface area contributed by atoms with Gasteiger partial charge in [-0.3, -0.25) is 4.79 Å². The van der Waals surface area contributed by atoms with E-state index in [0.29, 0.717) is 6.42 Å². The molecule has 0 saturated heterocycles. The molecule has 0 aliphatic carbocycles. The van der Waals surface area contributed by atoms with Crippen molar-refractivity contribution in [2.75, 3.05) is 0 Å². The van der Waals surface area contributed by atoms with Crippen LogP contribution in [0.4, 0.5) is 0 Å². The minimum absolute atomic E-state index is 0. The van der Waals surface area contributed by atoms with Crippen molar-refractivity contribution in [2.24, 2.45) is 5.41 Å². The van der Waals surface area contributed by atoms with Crippen LogP contribution in [0.25, 0.3) is 0 Å². The highest BCUT2D eigenvalue weighted by molar-refractivity contribution is 5.73. The number of aliphatic carboxylic acids is 1. The number of carbonyl (C=O) groups is 1. The summed E-state index contributed by atoms with van der Waals surface area (Å²) in [6, 6.07) is 0. The predicted molar refractivity (Wildman–Crippen MR) is 38.4 cm³/mol. The van der Waals surface area contributed by atoms with Gasteiger partial charge in [-0.1, -0.05) is 14.4 Å². The molecule has 0 aromatic carbocycles. The summed E-state index contributed by atoms with van der Waals surface area (Å²) in [4.78, 5) is 10.3. The normalized spacial score (nSPS) is 10.1. The average molecular weight is 132 g/mol. The minimum atomic E-state index is -0.722. The van der Waals surface area contributed by atoms with Crippen LogP contribution in [0.3, 0.4) is 0 Å². The molecular formula is C7H16O2. The Labute approximate surface area is 56.9 Å². The van der Waals surface area contributed by atoms with Crippen LogP contribution >= 0.6 is 0 Å². The van der Waals surface area contributed by atoms with Gasteiger partial charge in [-0.15, -0.1) is 0 Å². The molecule has 0 amide bonds. The number of carboxylic acids is 1. The predicted octanol–water partition coefficient (Wildman–Crippen LogP) is 2.14. The van der Waals surface area contributed by atoms with E-state index in [0.717, 1.165) is 0 Å². The van der Waals surface area contributed by atoms with Gasteiger partial charge in [0, 0.05) is 0 Å². The first-order valence-corrected chi connectivity index (χ1v) is 2.74. The molecule has 0 spiro atoms. The standard InChI is InChI=1S/C6H12O2.CH4/c1-4-6(2,3)5(7)8;/h4H2,1-3H3,(H,7,8);1H4. The number of hydrogen-bond donors (Lipinski definition) is 1. The van der Waals surface area contributed by atoms with Gasteiger partial charge in [-0.2, -0.15) is 0 Å². The molecule has 0 aromatic heterocycles. The van der Waals surface area contributed by atoms with Gasteiger partial charge in [0.05, 0.1) is 5.41 Å². The molecule has 0 atom stereocenters. The number of rotatable bonds is 2. The highest BCUT2D eigenvalue weighted by Gasteiger charge is 2.23. The third-order valence-corrected chi connectivity index (χ3v) is 1.46. The minimum Gasteiger partial charge on any atom is -0.481 e. The van der Waals surface area contributed by atoms with Crippen molar-refractivity contribution in [2.45, 2.75) is 34.6 Å². The van der Waals surface area contributed by atoms with Crippen LogP contribution in [-0.2, 0) is 4.79 Å². The lowest BCUT2D eigenvalue weighted by atomic mass is 9.91. The molecule has 0 heterocycles. The molecule has 0 aliphatic heterocycles. The van der Waals surface area contributed by atoms with Gasteiger partial charge < -0.3 is 5.11 Å². The first kappa shape index (κ1) is 11.3. The van der Waals surface area contributed by atoms with Crippen molar-refractivity contribution in [1.29, 1.82) is 0 Å². The second-order valence-electron chi connectivity index (χ2n) is 2.54. The van der Waals surface area contributed by atoms with Crippen LogP contribution in [0.1, 0.15) is 34.6 Å². The molecule has 2 nitrogen and oxygen atoms in total. The maximum Gasteiger partial charge on any atom is 0.309 e. The van der Waals surface area contributed by atoms with Gasteiger partial charge in [0.2, 0.25) is 0 Å². The molecule has 0 aromatic rings. The largest absolute Gasteiger partial charge is 0.481 e. The molecule has 0 fully saturated rings. The van der Waals surface area contributed by atoms with Crippen molar-refractivity contribution in [3.63, 3.8) is 0 Å². The van der Waals surface area contributed by atoms with E-state index >= 15 is 0 Å². The van der Waals surface area contributed by atoms with Gasteiger partial charge in [-0.25, -0.2) is 0 Å². The summed E-state index contributed by atoms with van der Waals surface area (Å²) in [5.74, 6) is -0.722. The molecule has 9 heavy (non-hydrogen) atoms. The summed E-state index contributed by atoms with van der Waals surface area (Å²) < 4.78 is 0. The van der Waals surface area contributed by atoms with E-state index in [1.165, 1.54) is 0 Å². The smallest absolute Gasteiger partial charge is 0.309 e. The highest BCUT2D eigenvalue weighted by Crippen LogP contribution is 2.18. The monoisotopic (exact) mass is 132 g/mol. The Kier molecular flexibility index (Phi) is 4.37. The molecular weight excluding hydrogens is 116 g/mol. The zero-order valence-electron chi connectivity index (χ0n) is 5.56. The van der Waals surface area contributed by atoms with Crippen molar-refractivity contribution < 1.29 is 9.90 Å². The lowest BCUT2D eigenvalue weighted by Crippen LogP contribution is -2.21. The molecule has 1 N–H and O–H groups in total. The summed E-state index contributed by atoms with van der Waals surface area (Å²) >= 11 is 0. The van der Waals surface area contributed by atoms with Gasteiger partial charge in [-0.05, 0) is 20.3 Å². The van der Waals surface area contributed by atoms with Crippen LogP contribution < -0.4 is 0 Å². The van der Waals surface area contributed by atoms with Gasteiger partial charge in [0.15, 0.2) is 0 Å². The molecule has 0 bridgehead atoms. The van der Waals surface area contributed by atoms with Crippen molar-refractivity contribution in [1.82, 2.24) is 0 Å². The van der Waals surface area contributed by atoms with Crippen LogP contribution in [0.5, 0.6) is 0 Å². The van der Waals surface area contributed by atoms with Gasteiger partial charge in [0.1, 0.15) is 0 Å². The van der Waals surface area contributed by atoms with Crippen LogP contribution in [0.15, 0.2) is 0 Å². The fourth-order valence-electron chi connectivity index (χ4n) is 0.151. The van der Waals surface area contributed by atoms with Gasteiger partial charge in [0.25, 0.3) is 0 Å². The Bertz CT molecular complexity index is 95.1. The Morgan fingerprint density at radius 3 is 1.89 bits per heavy atom. The Balaban J connectivity index is 0. The Morgan fingerprint density at radius 1 is 1.56 bits per heavy atom. The maximum atomic E-state index is 10.3. The first-order chi connectivity index (χ1) is 3.50. The quantitative estimate of drug-likeness (QED) is 0.625. The summed E-state index contributed by atoms with van der Waals surface area (Å²) in [6.45, 7) is 5.30. The van der Waals surface area contributed by atoms with Crippen molar-refractivity contribution in [3.05, 3.63) is 0 Å². The molecule has 0 unspecified atom stereocenters. The van der Waals surface area contributed by atoms with E-state index in [-0.39, 0.29) is 7.43 Å². The van der Waals surface area contributed by atoms with E-state index in [1.807, 2.05) is 6.92 Å². The lowest BCUT2D eigenvalue weighted by molar-refractivity contribution is -0.147. The Hall–Kier alpha value is -0.530. The molecule has 0 rings (SSSR count). The summed E-state index contributed by atoms with van der Waals surface area (Å²) in [5, 5.41) is 8.44. The zero-order chi connectivity index (χ0) is 6.78. The van der Waals surface area contributed by atoms with E-state index in [1.54, 1.807) is 13.8 Å². The molecule has 0 radical (unpaired) electrons. The molecule has 56 valence electrons. The van der Waals surface area contributed by atoms with Crippen molar-refractivity contribution >= 4 is 5.97 Å². The summed E-state index contributed by atoms with van der Waals surface area (Å²) in [6.07, 6.45) is 0.683. The Morgan fingerprint density at radius 2 is 1.89 bits per heavy atom. The van der Waals surface area contributed by atoms with E-state index in [9.17, 15) is 4.79 Å². The van der Waals surface area contributed by atoms with Crippen LogP contribution in [-0.4, -0.2) is 11.1 Å². The van der Waals surface area contributed by atoms with E-state index < -0.39 is 11.4 Å². The van der Waals surface area contributed by atoms with E-state index in [2.05, 4.69) is 0 Å². The second kappa shape index (κ2) is 3.49. The van der Waals surface area contributed by atoms with Crippen LogP contribution in [0.2, 0.25) is 0 Å². The maximum absolute atomic E-state index is 10.3. The zero-order valence-corrected chi connectivity index (χ0v) is 5.56. The number of carboxylic acid groups (broad SMARTS) is 1. The SMILES string of the molecule is C.CCC(C)(C)C(=O)O.